The zero-order valence-electron chi connectivity index (χ0n) is 14.3. The Morgan fingerprint density at radius 3 is 2.80 bits per heavy atom. The number of amides is 1. The van der Waals surface area contributed by atoms with Gasteiger partial charge in [-0.2, -0.15) is 0 Å². The van der Waals surface area contributed by atoms with Gasteiger partial charge in [-0.25, -0.2) is 0 Å². The van der Waals surface area contributed by atoms with Crippen LogP contribution in [0.2, 0.25) is 0 Å². The van der Waals surface area contributed by atoms with Gasteiger partial charge in [0.2, 0.25) is 0 Å². The predicted octanol–water partition coefficient (Wildman–Crippen LogP) is 1.35. The molecule has 1 aliphatic rings. The van der Waals surface area contributed by atoms with Gasteiger partial charge in [-0.05, 0) is 11.6 Å². The summed E-state index contributed by atoms with van der Waals surface area (Å²) < 4.78 is 5.72. The lowest BCUT2D eigenvalue weighted by atomic mass is 10.2. The van der Waals surface area contributed by atoms with E-state index in [1.165, 1.54) is 0 Å². The van der Waals surface area contributed by atoms with Gasteiger partial charge in [0.25, 0.3) is 5.91 Å². The van der Waals surface area contributed by atoms with Crippen molar-refractivity contribution in [1.29, 1.82) is 0 Å². The van der Waals surface area contributed by atoms with Gasteiger partial charge in [0, 0.05) is 45.1 Å². The van der Waals surface area contributed by atoms with Gasteiger partial charge in [0.1, 0.15) is 0 Å². The topological polar surface area (TPSA) is 68.8 Å². The average molecular weight is 343 g/mol. The molecule has 25 heavy (non-hydrogen) atoms. The second-order valence-electron chi connectivity index (χ2n) is 6.34. The molecule has 1 aromatic carbocycles. The van der Waals surface area contributed by atoms with Crippen LogP contribution in [0.15, 0.2) is 48.8 Å². The fourth-order valence-corrected chi connectivity index (χ4v) is 3.04. The SMILES string of the molecule is O=C(c1cc[nH]c1)N1CCN(CCOCc2ccccc2)C[C@@H](O)C1. The van der Waals surface area contributed by atoms with Crippen molar-refractivity contribution in [2.24, 2.45) is 0 Å². The van der Waals surface area contributed by atoms with Crippen LogP contribution in [0, 0.1) is 0 Å². The fourth-order valence-electron chi connectivity index (χ4n) is 3.04. The molecule has 1 fully saturated rings. The van der Waals surface area contributed by atoms with Crippen LogP contribution in [-0.4, -0.2) is 71.2 Å². The molecule has 134 valence electrons. The zero-order chi connectivity index (χ0) is 17.5. The summed E-state index contributed by atoms with van der Waals surface area (Å²) in [7, 11) is 0. The zero-order valence-corrected chi connectivity index (χ0v) is 14.3. The lowest BCUT2D eigenvalue weighted by Gasteiger charge is -2.21. The number of benzene rings is 1. The van der Waals surface area contributed by atoms with Crippen LogP contribution in [0.5, 0.6) is 0 Å². The van der Waals surface area contributed by atoms with Gasteiger partial charge in [0.05, 0.1) is 24.9 Å². The second-order valence-corrected chi connectivity index (χ2v) is 6.34. The molecule has 0 spiro atoms. The van der Waals surface area contributed by atoms with Gasteiger partial charge in [-0.15, -0.1) is 0 Å². The number of aromatic nitrogens is 1. The van der Waals surface area contributed by atoms with Crippen LogP contribution >= 0.6 is 0 Å². The quantitative estimate of drug-likeness (QED) is 0.777. The molecule has 1 aliphatic heterocycles. The number of aliphatic hydroxyl groups is 1. The van der Waals surface area contributed by atoms with E-state index in [1.54, 1.807) is 23.4 Å². The van der Waals surface area contributed by atoms with Crippen molar-refractivity contribution < 1.29 is 14.6 Å². The summed E-state index contributed by atoms with van der Waals surface area (Å²) in [6.07, 6.45) is 2.88. The van der Waals surface area contributed by atoms with E-state index in [-0.39, 0.29) is 5.91 Å². The number of aromatic amines is 1. The van der Waals surface area contributed by atoms with Crippen LogP contribution < -0.4 is 0 Å². The van der Waals surface area contributed by atoms with E-state index >= 15 is 0 Å². The van der Waals surface area contributed by atoms with Crippen LogP contribution in [0.25, 0.3) is 0 Å². The number of hydrogen-bond acceptors (Lipinski definition) is 4. The maximum atomic E-state index is 12.4. The number of ether oxygens (including phenoxy) is 1. The normalized spacial score (nSPS) is 18.9. The van der Waals surface area contributed by atoms with Gasteiger partial charge in [-0.1, -0.05) is 30.3 Å². The molecule has 0 saturated carbocycles. The van der Waals surface area contributed by atoms with Gasteiger partial charge in [0.15, 0.2) is 0 Å². The van der Waals surface area contributed by atoms with Crippen LogP contribution in [0.3, 0.4) is 0 Å². The minimum atomic E-state index is -0.542. The molecule has 2 heterocycles. The molecule has 1 aromatic heterocycles. The summed E-state index contributed by atoms with van der Waals surface area (Å²) in [6.45, 7) is 4.22. The Bertz CT molecular complexity index is 645. The summed E-state index contributed by atoms with van der Waals surface area (Å²) in [5.41, 5.74) is 1.79. The minimum absolute atomic E-state index is 0.0394. The number of carbonyl (C=O) groups excluding carboxylic acids is 1. The molecule has 0 bridgehead atoms. The first-order valence-electron chi connectivity index (χ1n) is 8.66. The predicted molar refractivity (Wildman–Crippen MR) is 95.2 cm³/mol. The molecule has 1 atom stereocenters. The number of hydrogen-bond donors (Lipinski definition) is 2. The molecule has 0 unspecified atom stereocenters. The highest BCUT2D eigenvalue weighted by atomic mass is 16.5. The number of carbonyl (C=O) groups is 1. The highest BCUT2D eigenvalue weighted by molar-refractivity contribution is 5.94. The van der Waals surface area contributed by atoms with Crippen molar-refractivity contribution in [3.63, 3.8) is 0 Å². The summed E-state index contributed by atoms with van der Waals surface area (Å²) in [5, 5.41) is 10.2. The largest absolute Gasteiger partial charge is 0.390 e. The first kappa shape index (κ1) is 17.7. The summed E-state index contributed by atoms with van der Waals surface area (Å²) in [4.78, 5) is 19.2. The molecule has 6 nitrogen and oxygen atoms in total. The molecule has 0 aliphatic carbocycles. The molecular formula is C19H25N3O3. The minimum Gasteiger partial charge on any atom is -0.390 e. The van der Waals surface area contributed by atoms with E-state index in [2.05, 4.69) is 9.88 Å². The number of nitrogens with zero attached hydrogens (tertiary/aromatic N) is 2. The van der Waals surface area contributed by atoms with E-state index in [1.807, 2.05) is 30.3 Å². The Balaban J connectivity index is 1.44. The van der Waals surface area contributed by atoms with Crippen LogP contribution in [0.4, 0.5) is 0 Å². The number of β-amino-alcohol motifs (C(OH)–C–C–N with tert-alkyl or cyclic N) is 1. The molecule has 2 N–H and O–H groups in total. The molecule has 3 rings (SSSR count). The van der Waals surface area contributed by atoms with E-state index in [9.17, 15) is 9.90 Å². The molecule has 0 radical (unpaired) electrons. The molecule has 6 heteroatoms. The Morgan fingerprint density at radius 2 is 2.04 bits per heavy atom. The smallest absolute Gasteiger partial charge is 0.255 e. The maximum absolute atomic E-state index is 12.4. The van der Waals surface area contributed by atoms with E-state index in [4.69, 9.17) is 4.74 Å². The standard InChI is InChI=1S/C19H25N3O3/c23-18-13-21(10-11-25-15-16-4-2-1-3-5-16)8-9-22(14-18)19(24)17-6-7-20-12-17/h1-7,12,18,20,23H,8-11,13-15H2/t18-/m1/s1. The van der Waals surface area contributed by atoms with Gasteiger partial charge >= 0.3 is 0 Å². The first-order chi connectivity index (χ1) is 12.2. The maximum Gasteiger partial charge on any atom is 0.255 e. The number of rotatable bonds is 6. The molecule has 1 saturated heterocycles. The highest BCUT2D eigenvalue weighted by Gasteiger charge is 2.25. The lowest BCUT2D eigenvalue weighted by Crippen LogP contribution is -2.37. The highest BCUT2D eigenvalue weighted by Crippen LogP contribution is 2.09. The Hall–Kier alpha value is -2.15. The van der Waals surface area contributed by atoms with Gasteiger partial charge in [-0.3, -0.25) is 9.69 Å². The van der Waals surface area contributed by atoms with E-state index in [0.717, 1.165) is 18.7 Å². The van der Waals surface area contributed by atoms with Crippen molar-refractivity contribution in [2.75, 3.05) is 39.3 Å². The van der Waals surface area contributed by atoms with Crippen LogP contribution in [-0.2, 0) is 11.3 Å². The van der Waals surface area contributed by atoms with Crippen molar-refractivity contribution in [2.45, 2.75) is 12.7 Å². The molecular weight excluding hydrogens is 318 g/mol. The Morgan fingerprint density at radius 1 is 1.20 bits per heavy atom. The summed E-state index contributed by atoms with van der Waals surface area (Å²) >= 11 is 0. The molecule has 2 aromatic rings. The van der Waals surface area contributed by atoms with Crippen molar-refractivity contribution in [1.82, 2.24) is 14.8 Å². The Labute approximate surface area is 148 Å². The molecule has 1 amide bonds. The van der Waals surface area contributed by atoms with Gasteiger partial charge < -0.3 is 19.7 Å². The first-order valence-corrected chi connectivity index (χ1v) is 8.66. The number of aliphatic hydroxyl groups excluding tert-OH is 1. The van der Waals surface area contributed by atoms with Crippen molar-refractivity contribution in [3.8, 4) is 0 Å². The third-order valence-corrected chi connectivity index (χ3v) is 4.38. The lowest BCUT2D eigenvalue weighted by molar-refractivity contribution is 0.0637. The van der Waals surface area contributed by atoms with Crippen molar-refractivity contribution >= 4 is 5.91 Å². The average Bonchev–Trinajstić information content (AvgIpc) is 3.10. The van der Waals surface area contributed by atoms with Crippen LogP contribution in [0.1, 0.15) is 15.9 Å². The fraction of sp³-hybridized carbons (Fsp3) is 0.421. The monoisotopic (exact) mass is 343 g/mol. The van der Waals surface area contributed by atoms with E-state index in [0.29, 0.717) is 38.4 Å². The third kappa shape index (κ3) is 5.16. The third-order valence-electron chi connectivity index (χ3n) is 4.38. The van der Waals surface area contributed by atoms with E-state index < -0.39 is 6.10 Å². The Kier molecular flexibility index (Phi) is 6.22. The summed E-state index contributed by atoms with van der Waals surface area (Å²) in [6, 6.07) is 11.8. The second kappa shape index (κ2) is 8.80. The number of H-pyrrole nitrogens is 1. The summed E-state index contributed by atoms with van der Waals surface area (Å²) in [5.74, 6) is -0.0394. The van der Waals surface area contributed by atoms with Crippen molar-refractivity contribution in [3.05, 3.63) is 59.9 Å². The number of nitrogens with one attached hydrogen (secondary N) is 1.